The Morgan fingerprint density at radius 2 is 0.653 bits per heavy atom. The second-order valence-electron chi connectivity index (χ2n) is 35.9. The van der Waals surface area contributed by atoms with Crippen LogP contribution in [0.2, 0.25) is 0 Å². The average Bonchev–Trinajstić information content (AvgIpc) is 0.748. The number of carbonyl (C=O) groups is 5. The van der Waals surface area contributed by atoms with Gasteiger partial charge in [-0.1, -0.05) is 67.8 Å². The van der Waals surface area contributed by atoms with Crippen molar-refractivity contribution in [3.8, 4) is 67.4 Å². The highest BCUT2D eigenvalue weighted by atomic mass is 35.5. The molecule has 0 unspecified atom stereocenters. The minimum atomic E-state index is -5.92. The molecule has 790 valence electrons. The van der Waals surface area contributed by atoms with E-state index in [1.807, 2.05) is 69.3 Å². The molecule has 0 saturated carbocycles. The zero-order chi connectivity index (χ0) is 105. The number of anilines is 3. The molecule has 9 aliphatic rings. The largest absolute Gasteiger partial charge is 1.00 e. The topological polar surface area (TPSA) is 284 Å². The fourth-order valence-electron chi connectivity index (χ4n) is 19.0. The van der Waals surface area contributed by atoms with Crippen molar-refractivity contribution in [2.75, 3.05) is 217 Å². The lowest BCUT2D eigenvalue weighted by atomic mass is 9.90. The van der Waals surface area contributed by atoms with Crippen molar-refractivity contribution < 1.29 is 107 Å². The fourth-order valence-corrected chi connectivity index (χ4v) is 20.8. The third-order valence-electron chi connectivity index (χ3n) is 27.0. The Labute approximate surface area is 874 Å². The van der Waals surface area contributed by atoms with Crippen molar-refractivity contribution in [2.45, 2.75) is 102 Å². The second-order valence-corrected chi connectivity index (χ2v) is 39.3. The van der Waals surface area contributed by atoms with Gasteiger partial charge in [0.25, 0.3) is 17.7 Å². The number of aliphatic hydroxyl groups is 1. The first-order valence-electron chi connectivity index (χ1n) is 50.4. The number of nitrogens with zero attached hydrogens (tertiary/aromatic N) is 13. The van der Waals surface area contributed by atoms with Crippen LogP contribution in [0.4, 0.5) is 30.2 Å². The molecule has 0 aromatic heterocycles. The van der Waals surface area contributed by atoms with E-state index in [-0.39, 0.29) is 67.3 Å². The van der Waals surface area contributed by atoms with E-state index >= 15 is 0 Å². The van der Waals surface area contributed by atoms with Gasteiger partial charge in [-0.2, -0.15) is 13.2 Å². The first-order valence-corrected chi connectivity index (χ1v) is 53.7. The molecule has 6 heterocycles. The number of esters is 2. The first-order chi connectivity index (χ1) is 69.5. The fraction of sp³-hybridized carbons (Fsp3) is 0.411. The molecule has 6 aromatic carbocycles. The first kappa shape index (κ1) is 117. The summed E-state index contributed by atoms with van der Waals surface area (Å²) in [4.78, 5) is 85.3. The standard InChI is InChI=1S/2C38H47N4O4.C34H43N4O3.C2H3F3NO4S2.2ClH/c2*1-7-40(8-2)28-15-17-32-34(25-28)46-35-26-29(41(9-3)10-4)16-18-33(35)36(32)30-13-11-12-14-31(30)37(43)42-21-19-39(20-22-42)23-24-45-38(44)27(5)6;1-5-36(6-2)25-13-15-29-31(23-25)41-32-24-26(37(7-3)8-4)14-16-30(32)33(29)27-11-9-10-12-28(27)34(40)38-19-17-35(18-20-38)21-22-39;1-11(7,8)6-12(9,10)2(3,4)5;;/h2*11-18,25-26H,5,7-10,19-24H2,1-4,6H3;9-16,23-24,39H,5-8,17-22H2,1-4H3;1H3;2*1H/q3*+1;-1;;/p-2. The van der Waals surface area contributed by atoms with E-state index in [1.54, 1.807) is 18.0 Å². The zero-order valence-corrected chi connectivity index (χ0v) is 90.3. The normalized spacial score (nSPS) is 13.7. The number of aliphatic hydroxyl groups excluding tert-OH is 1. The monoisotopic (exact) mass is 2100 g/mol. The van der Waals surface area contributed by atoms with E-state index in [9.17, 15) is 59.1 Å². The third-order valence-corrected chi connectivity index (χ3v) is 29.5. The molecule has 0 spiro atoms. The predicted octanol–water partition coefficient (Wildman–Crippen LogP) is 10.3. The smallest absolute Gasteiger partial charge is 0.480 e. The summed E-state index contributed by atoms with van der Waals surface area (Å²) in [6.07, 6.45) is 0.246. The Bertz CT molecular complexity index is 6740. The average molecular weight is 2100 g/mol. The maximum absolute atomic E-state index is 14.2. The molecule has 3 aliphatic carbocycles. The van der Waals surface area contributed by atoms with Crippen LogP contribution < -0.4 is 69.3 Å². The van der Waals surface area contributed by atoms with E-state index in [1.165, 1.54) is 0 Å². The Morgan fingerprint density at radius 3 is 0.884 bits per heavy atom. The molecule has 0 radical (unpaired) electrons. The number of alkyl halides is 3. The number of fused-ring (bicyclic) bond motifs is 6. The molecule has 0 atom stereocenters. The predicted molar refractivity (Wildman–Crippen MR) is 573 cm³/mol. The number of hydrogen-bond acceptors (Lipinski definition) is 21. The quantitative estimate of drug-likeness (QED) is 0.0173. The summed E-state index contributed by atoms with van der Waals surface area (Å²) in [5.41, 5.74) is 11.7. The van der Waals surface area contributed by atoms with Crippen LogP contribution in [0.15, 0.2) is 220 Å². The summed E-state index contributed by atoms with van der Waals surface area (Å²) in [5.74, 6) is 1.76. The summed E-state index contributed by atoms with van der Waals surface area (Å²) in [6.45, 7) is 58.2. The summed E-state index contributed by atoms with van der Waals surface area (Å²) in [5, 5.41) is 15.6. The van der Waals surface area contributed by atoms with Gasteiger partial charge >= 0.3 is 17.4 Å². The van der Waals surface area contributed by atoms with Crippen LogP contribution in [0.25, 0.3) is 104 Å². The lowest BCUT2D eigenvalue weighted by Gasteiger charge is -2.35. The molecule has 147 heavy (non-hydrogen) atoms. The number of ether oxygens (including phenoxy) is 2. The number of piperazine rings is 3. The molecule has 3 saturated heterocycles. The van der Waals surface area contributed by atoms with Gasteiger partial charge in [-0.25, -0.2) is 40.2 Å². The van der Waals surface area contributed by atoms with Crippen LogP contribution >= 0.6 is 0 Å². The van der Waals surface area contributed by atoms with E-state index in [0.717, 1.165) is 251 Å². The summed E-state index contributed by atoms with van der Waals surface area (Å²) < 4.78 is 113. The van der Waals surface area contributed by atoms with Crippen LogP contribution in [0, 0.1) is 0 Å². The lowest BCUT2D eigenvalue weighted by Crippen LogP contribution is -3.00. The van der Waals surface area contributed by atoms with Crippen molar-refractivity contribution in [3.05, 3.63) is 243 Å². The van der Waals surface area contributed by atoms with Crippen molar-refractivity contribution >= 4 is 99.7 Å². The number of rotatable bonds is 33. The molecule has 3 fully saturated rings. The third kappa shape index (κ3) is 28.2. The molecule has 35 heteroatoms. The van der Waals surface area contributed by atoms with Crippen molar-refractivity contribution in [1.29, 1.82) is 0 Å². The Balaban J connectivity index is 0.000000212. The van der Waals surface area contributed by atoms with Gasteiger partial charge in [-0.3, -0.25) is 29.1 Å². The number of benzene rings is 9. The SMILES string of the molecule is C=C(C)C(=O)OCCN1CCN(C(=O)c2ccccc2-c2c3ccc(=[N+](CC)CC)cc-3oc3cc(N(CC)CC)ccc23)CC1.C=C(C)C(=O)OCCN1CCN(C(=O)c2ccccc2-c2c3ccc(=[N+](CC)CC)cc-3oc3cc(N(CC)CC)ccc23)CC1.CCN(CC)c1ccc2c(-c3ccccc3C(=O)N3CCN(CCO)CC3)c3ccc(=[N+](CC)CC)cc-3oc2c1.CS(=O)(=O)[N-]S(=O)(=O)C(F)(F)F.[Cl-].[Cl-]. The van der Waals surface area contributed by atoms with E-state index in [4.69, 9.17) is 22.7 Å². The molecular formula is C112H140Cl2F3N13O15S2. The number of hydrogen-bond donors (Lipinski definition) is 1. The molecular weight excluding hydrogens is 1960 g/mol. The summed E-state index contributed by atoms with van der Waals surface area (Å²) in [7, 11) is -10.5. The zero-order valence-electron chi connectivity index (χ0n) is 87.1. The van der Waals surface area contributed by atoms with Gasteiger partial charge in [0.05, 0.1) is 34.8 Å². The molecule has 15 rings (SSSR count). The van der Waals surface area contributed by atoms with Gasteiger partial charge < -0.3 is 86.2 Å². The summed E-state index contributed by atoms with van der Waals surface area (Å²) in [6, 6.07) is 62.5. The number of β-amino-alcohol motifs (C(OH)–C–C–N with tert-alkyl or cyclic N) is 1. The van der Waals surface area contributed by atoms with Gasteiger partial charge in [-0.15, -0.1) is 0 Å². The summed E-state index contributed by atoms with van der Waals surface area (Å²) >= 11 is 0. The molecule has 6 aromatic rings. The molecule has 28 nitrogen and oxygen atoms in total. The van der Waals surface area contributed by atoms with Gasteiger partial charge in [0.2, 0.25) is 16.1 Å². The maximum atomic E-state index is 14.2. The Kier molecular flexibility index (Phi) is 42.5. The highest BCUT2D eigenvalue weighted by Crippen LogP contribution is 2.47. The van der Waals surface area contributed by atoms with Gasteiger partial charge in [0.15, 0.2) is 10.0 Å². The van der Waals surface area contributed by atoms with Crippen molar-refractivity contribution in [3.63, 3.8) is 0 Å². The Morgan fingerprint density at radius 1 is 0.388 bits per heavy atom. The number of carbonyl (C=O) groups excluding carboxylic acids is 5. The van der Waals surface area contributed by atoms with Crippen LogP contribution in [0.3, 0.4) is 0 Å². The molecule has 0 bridgehead atoms. The van der Waals surface area contributed by atoms with Crippen molar-refractivity contribution in [2.24, 2.45) is 0 Å². The highest BCUT2D eigenvalue weighted by molar-refractivity contribution is 8.12. The van der Waals surface area contributed by atoms with E-state index in [0.29, 0.717) is 100.0 Å². The van der Waals surface area contributed by atoms with Gasteiger partial charge in [0.1, 0.15) is 86.5 Å². The van der Waals surface area contributed by atoms with E-state index in [2.05, 4.69) is 267 Å². The minimum Gasteiger partial charge on any atom is -1.00 e. The van der Waals surface area contributed by atoms with Crippen LogP contribution in [-0.2, 0) is 39.1 Å². The minimum absolute atomic E-state index is 0. The Hall–Kier alpha value is -12.3. The second kappa shape index (κ2) is 53.5. The number of sulfonamides is 2. The molecule has 1 N–H and O–H groups in total. The van der Waals surface area contributed by atoms with Crippen LogP contribution in [0.5, 0.6) is 0 Å². The maximum Gasteiger partial charge on any atom is 0.480 e. The van der Waals surface area contributed by atoms with E-state index < -0.39 is 25.6 Å². The van der Waals surface area contributed by atoms with Crippen molar-refractivity contribution in [1.82, 2.24) is 43.1 Å². The molecule has 6 aliphatic heterocycles. The number of amides is 3. The highest BCUT2D eigenvalue weighted by Gasteiger charge is 2.40. The van der Waals surface area contributed by atoms with Crippen LogP contribution in [0.1, 0.15) is 128 Å². The van der Waals surface area contributed by atoms with Gasteiger partial charge in [0, 0.05) is 275 Å². The van der Waals surface area contributed by atoms with Gasteiger partial charge in [-0.05, 0) is 186 Å². The molecule has 3 amide bonds. The lowest BCUT2D eigenvalue weighted by molar-refractivity contribution is -0.140. The van der Waals surface area contributed by atoms with Crippen LogP contribution in [-0.4, -0.2) is 289 Å². The number of halogens is 5.